The van der Waals surface area contributed by atoms with Gasteiger partial charge in [-0.2, -0.15) is 5.10 Å². The van der Waals surface area contributed by atoms with Crippen LogP contribution in [0.1, 0.15) is 16.3 Å². The minimum absolute atomic E-state index is 0.111. The Labute approximate surface area is 108 Å². The highest BCUT2D eigenvalue weighted by Crippen LogP contribution is 2.12. The van der Waals surface area contributed by atoms with Gasteiger partial charge in [0, 0.05) is 5.39 Å². The predicted molar refractivity (Wildman–Crippen MR) is 69.2 cm³/mol. The number of rotatable bonds is 3. The molecule has 3 aromatic rings. The van der Waals surface area contributed by atoms with Gasteiger partial charge in [-0.25, -0.2) is 0 Å². The topological polar surface area (TPSA) is 65.1 Å². The van der Waals surface area contributed by atoms with Crippen LogP contribution in [0.2, 0.25) is 0 Å². The molecular formula is C14H10N2O3. The Morgan fingerprint density at radius 3 is 2.84 bits per heavy atom. The summed E-state index contributed by atoms with van der Waals surface area (Å²) in [7, 11) is 0. The summed E-state index contributed by atoms with van der Waals surface area (Å²) in [5.74, 6) is 0.892. The fourth-order valence-electron chi connectivity index (χ4n) is 1.98. The number of aldehydes is 1. The van der Waals surface area contributed by atoms with Gasteiger partial charge in [0.15, 0.2) is 12.0 Å². The van der Waals surface area contributed by atoms with Crippen molar-refractivity contribution in [3.63, 3.8) is 0 Å². The summed E-state index contributed by atoms with van der Waals surface area (Å²) in [5.41, 5.74) is 0.624. The highest BCUT2D eigenvalue weighted by Gasteiger charge is 2.06. The fraction of sp³-hybridized carbons (Fsp3) is 0.0714. The highest BCUT2D eigenvalue weighted by atomic mass is 16.3. The average molecular weight is 254 g/mol. The van der Waals surface area contributed by atoms with Crippen LogP contribution in [-0.4, -0.2) is 16.1 Å². The monoisotopic (exact) mass is 254 g/mol. The summed E-state index contributed by atoms with van der Waals surface area (Å²) < 4.78 is 6.98. The summed E-state index contributed by atoms with van der Waals surface area (Å²) in [6.07, 6.45) is 1.94. The number of fused-ring (bicyclic) bond motifs is 1. The molecule has 2 heterocycles. The van der Waals surface area contributed by atoms with E-state index in [0.717, 1.165) is 5.52 Å². The number of carbonyl (C=O) groups is 1. The molecule has 94 valence electrons. The van der Waals surface area contributed by atoms with E-state index < -0.39 is 0 Å². The lowest BCUT2D eigenvalue weighted by Crippen LogP contribution is -2.12. The van der Waals surface area contributed by atoms with Crippen LogP contribution in [0.5, 0.6) is 0 Å². The van der Waals surface area contributed by atoms with E-state index in [-0.39, 0.29) is 11.2 Å². The SMILES string of the molecule is O=Cc1ccc(Cn2ncc(=O)c3ccccc32)o1. The molecule has 0 spiro atoms. The third-order valence-electron chi connectivity index (χ3n) is 2.87. The second-order valence-corrected chi connectivity index (χ2v) is 4.11. The van der Waals surface area contributed by atoms with Crippen LogP contribution in [0.25, 0.3) is 10.9 Å². The van der Waals surface area contributed by atoms with Gasteiger partial charge in [-0.3, -0.25) is 14.3 Å². The Kier molecular flexibility index (Phi) is 2.72. The lowest BCUT2D eigenvalue weighted by Gasteiger charge is -2.06. The molecule has 0 bridgehead atoms. The molecule has 0 N–H and O–H groups in total. The predicted octanol–water partition coefficient (Wildman–Crippen LogP) is 1.85. The molecule has 5 heteroatoms. The maximum atomic E-state index is 11.7. The van der Waals surface area contributed by atoms with Gasteiger partial charge in [0.1, 0.15) is 5.76 Å². The van der Waals surface area contributed by atoms with Crippen LogP contribution in [0.3, 0.4) is 0 Å². The Bertz CT molecular complexity index is 802. The first-order valence-corrected chi connectivity index (χ1v) is 5.77. The van der Waals surface area contributed by atoms with Crippen LogP contribution in [0.4, 0.5) is 0 Å². The van der Waals surface area contributed by atoms with Gasteiger partial charge >= 0.3 is 0 Å². The summed E-state index contributed by atoms with van der Waals surface area (Å²) in [6, 6.07) is 10.6. The van der Waals surface area contributed by atoms with E-state index >= 15 is 0 Å². The van der Waals surface area contributed by atoms with E-state index in [4.69, 9.17) is 4.42 Å². The molecule has 0 aliphatic rings. The van der Waals surface area contributed by atoms with E-state index in [2.05, 4.69) is 5.10 Å². The first kappa shape index (κ1) is 11.4. The lowest BCUT2D eigenvalue weighted by molar-refractivity contribution is 0.109. The molecule has 0 fully saturated rings. The largest absolute Gasteiger partial charge is 0.456 e. The Morgan fingerprint density at radius 1 is 1.21 bits per heavy atom. The van der Waals surface area contributed by atoms with Crippen molar-refractivity contribution in [1.82, 2.24) is 9.78 Å². The summed E-state index contributed by atoms with van der Waals surface area (Å²) in [4.78, 5) is 22.3. The van der Waals surface area contributed by atoms with Crippen molar-refractivity contribution in [1.29, 1.82) is 0 Å². The van der Waals surface area contributed by atoms with Crippen molar-refractivity contribution < 1.29 is 9.21 Å². The van der Waals surface area contributed by atoms with Crippen molar-refractivity contribution in [2.24, 2.45) is 0 Å². The van der Waals surface area contributed by atoms with E-state index in [1.165, 1.54) is 6.20 Å². The van der Waals surface area contributed by atoms with Crippen molar-refractivity contribution in [3.05, 3.63) is 64.3 Å². The fourth-order valence-corrected chi connectivity index (χ4v) is 1.98. The van der Waals surface area contributed by atoms with Crippen molar-refractivity contribution in [3.8, 4) is 0 Å². The molecule has 0 saturated carbocycles. The molecule has 2 aromatic heterocycles. The summed E-state index contributed by atoms with van der Waals surface area (Å²) in [5, 5.41) is 4.70. The first-order chi connectivity index (χ1) is 9.28. The molecule has 0 saturated heterocycles. The number of hydrogen-bond donors (Lipinski definition) is 0. The number of para-hydroxylation sites is 1. The van der Waals surface area contributed by atoms with Gasteiger partial charge in [-0.1, -0.05) is 12.1 Å². The Balaban J connectivity index is 2.08. The van der Waals surface area contributed by atoms with E-state index in [1.54, 1.807) is 22.9 Å². The third kappa shape index (κ3) is 2.06. The summed E-state index contributed by atoms with van der Waals surface area (Å²) in [6.45, 7) is 0.370. The minimum atomic E-state index is -0.111. The smallest absolute Gasteiger partial charge is 0.207 e. The zero-order chi connectivity index (χ0) is 13.2. The second kappa shape index (κ2) is 4.53. The molecule has 1 aromatic carbocycles. The molecular weight excluding hydrogens is 244 g/mol. The molecule has 0 aliphatic heterocycles. The number of furan rings is 1. The van der Waals surface area contributed by atoms with Gasteiger partial charge in [0.05, 0.1) is 18.3 Å². The van der Waals surface area contributed by atoms with E-state index in [1.807, 2.05) is 18.2 Å². The van der Waals surface area contributed by atoms with Crippen LogP contribution < -0.4 is 5.43 Å². The molecule has 0 radical (unpaired) electrons. The highest BCUT2D eigenvalue weighted by molar-refractivity contribution is 5.78. The van der Waals surface area contributed by atoms with Gasteiger partial charge in [0.2, 0.25) is 5.43 Å². The van der Waals surface area contributed by atoms with E-state index in [9.17, 15) is 9.59 Å². The number of hydrogen-bond acceptors (Lipinski definition) is 4. The van der Waals surface area contributed by atoms with Crippen molar-refractivity contribution in [2.45, 2.75) is 6.54 Å². The standard InChI is InChI=1S/C14H10N2O3/c17-9-11-6-5-10(19-11)8-16-13-4-2-1-3-12(13)14(18)7-15-16/h1-7,9H,8H2. The molecule has 0 atom stereocenters. The average Bonchev–Trinajstić information content (AvgIpc) is 2.90. The third-order valence-corrected chi connectivity index (χ3v) is 2.87. The number of aromatic nitrogens is 2. The van der Waals surface area contributed by atoms with Crippen LogP contribution in [-0.2, 0) is 6.54 Å². The summed E-state index contributed by atoms with van der Waals surface area (Å²) >= 11 is 0. The quantitative estimate of drug-likeness (QED) is 0.669. The molecule has 0 amide bonds. The van der Waals surface area contributed by atoms with Gasteiger partial charge in [-0.05, 0) is 24.3 Å². The number of benzene rings is 1. The molecule has 5 nitrogen and oxygen atoms in total. The van der Waals surface area contributed by atoms with Crippen LogP contribution >= 0.6 is 0 Å². The minimum Gasteiger partial charge on any atom is -0.456 e. The first-order valence-electron chi connectivity index (χ1n) is 5.77. The maximum Gasteiger partial charge on any atom is 0.207 e. The van der Waals surface area contributed by atoms with Gasteiger partial charge in [-0.15, -0.1) is 0 Å². The number of nitrogens with zero attached hydrogens (tertiary/aromatic N) is 2. The maximum absolute atomic E-state index is 11.7. The van der Waals surface area contributed by atoms with Crippen molar-refractivity contribution in [2.75, 3.05) is 0 Å². The number of carbonyl (C=O) groups excluding carboxylic acids is 1. The van der Waals surface area contributed by atoms with E-state index in [0.29, 0.717) is 24.0 Å². The van der Waals surface area contributed by atoms with Crippen molar-refractivity contribution >= 4 is 17.2 Å². The van der Waals surface area contributed by atoms with Crippen LogP contribution in [0.15, 0.2) is 51.8 Å². The zero-order valence-corrected chi connectivity index (χ0v) is 9.95. The Hall–Kier alpha value is -2.69. The molecule has 3 rings (SSSR count). The van der Waals surface area contributed by atoms with Gasteiger partial charge in [0.25, 0.3) is 0 Å². The molecule has 0 aliphatic carbocycles. The van der Waals surface area contributed by atoms with Gasteiger partial charge < -0.3 is 4.42 Å². The molecule has 19 heavy (non-hydrogen) atoms. The normalized spacial score (nSPS) is 10.7. The molecule has 0 unspecified atom stereocenters. The lowest BCUT2D eigenvalue weighted by atomic mass is 10.2. The zero-order valence-electron chi connectivity index (χ0n) is 9.95. The second-order valence-electron chi connectivity index (χ2n) is 4.11. The Morgan fingerprint density at radius 2 is 2.05 bits per heavy atom. The van der Waals surface area contributed by atoms with Crippen LogP contribution in [0, 0.1) is 0 Å².